The Morgan fingerprint density at radius 2 is 2.05 bits per heavy atom. The highest BCUT2D eigenvalue weighted by Gasteiger charge is 2.26. The van der Waals surface area contributed by atoms with E-state index in [-0.39, 0.29) is 0 Å². The molecule has 2 nitrogen and oxygen atoms in total. The van der Waals surface area contributed by atoms with E-state index in [0.29, 0.717) is 5.92 Å². The summed E-state index contributed by atoms with van der Waals surface area (Å²) in [6.45, 7) is 13.3. The summed E-state index contributed by atoms with van der Waals surface area (Å²) in [6, 6.07) is 6.52. The number of anilines is 1. The van der Waals surface area contributed by atoms with E-state index in [4.69, 9.17) is 11.6 Å². The zero-order valence-corrected chi connectivity index (χ0v) is 14.6. The summed E-state index contributed by atoms with van der Waals surface area (Å²) in [4.78, 5) is 2.44. The van der Waals surface area contributed by atoms with E-state index >= 15 is 0 Å². The molecule has 1 heterocycles. The molecule has 1 aromatic carbocycles. The SMILES string of the molecule is CC(C)CNCc1ccc(N2CCC(C(C)C)C2)c(Cl)c1. The quantitative estimate of drug-likeness (QED) is 0.828. The molecule has 21 heavy (non-hydrogen) atoms. The second kappa shape index (κ2) is 7.51. The maximum Gasteiger partial charge on any atom is 0.0642 e. The predicted octanol–water partition coefficient (Wildman–Crippen LogP) is 4.57. The standard InChI is InChI=1S/C18H29ClN2/c1-13(2)10-20-11-15-5-6-18(17(19)9-15)21-8-7-16(12-21)14(3)4/h5-6,9,13-14,16,20H,7-8,10-12H2,1-4H3. The molecule has 0 radical (unpaired) electrons. The molecule has 0 aliphatic carbocycles. The van der Waals surface area contributed by atoms with Gasteiger partial charge in [-0.05, 0) is 48.4 Å². The number of halogens is 1. The average molecular weight is 309 g/mol. The van der Waals surface area contributed by atoms with Gasteiger partial charge in [-0.15, -0.1) is 0 Å². The third-order valence-electron chi connectivity index (χ3n) is 4.40. The van der Waals surface area contributed by atoms with Gasteiger partial charge in [0.2, 0.25) is 0 Å². The van der Waals surface area contributed by atoms with Gasteiger partial charge in [0.05, 0.1) is 10.7 Å². The van der Waals surface area contributed by atoms with Gasteiger partial charge in [-0.25, -0.2) is 0 Å². The zero-order chi connectivity index (χ0) is 15.4. The monoisotopic (exact) mass is 308 g/mol. The Balaban J connectivity index is 1.96. The zero-order valence-electron chi connectivity index (χ0n) is 13.8. The second-order valence-electron chi connectivity index (χ2n) is 7.05. The highest BCUT2D eigenvalue weighted by Crippen LogP contribution is 2.33. The minimum atomic E-state index is 0.678. The highest BCUT2D eigenvalue weighted by molar-refractivity contribution is 6.33. The molecule has 1 saturated heterocycles. The fraction of sp³-hybridized carbons (Fsp3) is 0.667. The van der Waals surface area contributed by atoms with Crippen molar-refractivity contribution in [3.05, 3.63) is 28.8 Å². The number of benzene rings is 1. The molecular weight excluding hydrogens is 280 g/mol. The summed E-state index contributed by atoms with van der Waals surface area (Å²) < 4.78 is 0. The molecule has 1 atom stereocenters. The Morgan fingerprint density at radius 1 is 1.29 bits per heavy atom. The van der Waals surface area contributed by atoms with E-state index in [1.165, 1.54) is 17.7 Å². The summed E-state index contributed by atoms with van der Waals surface area (Å²) in [5, 5.41) is 4.36. The van der Waals surface area contributed by atoms with Crippen molar-refractivity contribution in [3.63, 3.8) is 0 Å². The second-order valence-corrected chi connectivity index (χ2v) is 7.46. The minimum absolute atomic E-state index is 0.678. The summed E-state index contributed by atoms with van der Waals surface area (Å²) in [5.74, 6) is 2.24. The number of hydrogen-bond donors (Lipinski definition) is 1. The van der Waals surface area contributed by atoms with Gasteiger partial charge in [0.15, 0.2) is 0 Å². The van der Waals surface area contributed by atoms with E-state index < -0.39 is 0 Å². The van der Waals surface area contributed by atoms with E-state index in [2.05, 4.69) is 56.1 Å². The molecule has 0 amide bonds. The lowest BCUT2D eigenvalue weighted by atomic mass is 9.95. The van der Waals surface area contributed by atoms with Crippen molar-refractivity contribution in [2.45, 2.75) is 40.7 Å². The van der Waals surface area contributed by atoms with E-state index in [1.54, 1.807) is 0 Å². The van der Waals surface area contributed by atoms with Gasteiger partial charge in [0, 0.05) is 19.6 Å². The normalized spacial score (nSPS) is 19.0. The first-order valence-electron chi connectivity index (χ1n) is 8.21. The molecule has 1 aliphatic rings. The van der Waals surface area contributed by atoms with Crippen LogP contribution in [0.1, 0.15) is 39.7 Å². The van der Waals surface area contributed by atoms with Crippen LogP contribution in [0.25, 0.3) is 0 Å². The van der Waals surface area contributed by atoms with Crippen LogP contribution in [0.15, 0.2) is 18.2 Å². The van der Waals surface area contributed by atoms with E-state index in [1.807, 2.05) is 0 Å². The van der Waals surface area contributed by atoms with Crippen molar-refractivity contribution in [1.82, 2.24) is 5.32 Å². The Hall–Kier alpha value is -0.730. The Bertz CT molecular complexity index is 457. The van der Waals surface area contributed by atoms with Gasteiger partial charge < -0.3 is 10.2 Å². The molecule has 0 aromatic heterocycles. The van der Waals surface area contributed by atoms with Crippen LogP contribution < -0.4 is 10.2 Å². The van der Waals surface area contributed by atoms with Gasteiger partial charge in [0.25, 0.3) is 0 Å². The van der Waals surface area contributed by atoms with Gasteiger partial charge in [-0.3, -0.25) is 0 Å². The lowest BCUT2D eigenvalue weighted by Crippen LogP contribution is -2.22. The van der Waals surface area contributed by atoms with Crippen LogP contribution in [0.2, 0.25) is 5.02 Å². The number of nitrogens with one attached hydrogen (secondary N) is 1. The number of rotatable bonds is 6. The lowest BCUT2D eigenvalue weighted by molar-refractivity contribution is 0.423. The molecule has 0 bridgehead atoms. The van der Waals surface area contributed by atoms with Crippen LogP contribution in [0.3, 0.4) is 0 Å². The van der Waals surface area contributed by atoms with Crippen molar-refractivity contribution < 1.29 is 0 Å². The van der Waals surface area contributed by atoms with Crippen molar-refractivity contribution in [3.8, 4) is 0 Å². The summed E-state index contributed by atoms with van der Waals surface area (Å²) in [7, 11) is 0. The molecule has 1 fully saturated rings. The molecule has 0 spiro atoms. The molecule has 3 heteroatoms. The smallest absolute Gasteiger partial charge is 0.0642 e. The highest BCUT2D eigenvalue weighted by atomic mass is 35.5. The van der Waals surface area contributed by atoms with E-state index in [0.717, 1.165) is 43.0 Å². The Kier molecular flexibility index (Phi) is 5.95. The van der Waals surface area contributed by atoms with Crippen molar-refractivity contribution in [2.24, 2.45) is 17.8 Å². The first-order chi connectivity index (χ1) is 9.97. The fourth-order valence-corrected chi connectivity index (χ4v) is 3.29. The molecule has 0 saturated carbocycles. The number of nitrogens with zero attached hydrogens (tertiary/aromatic N) is 1. The summed E-state index contributed by atoms with van der Waals surface area (Å²) >= 11 is 6.51. The van der Waals surface area contributed by atoms with Gasteiger partial charge in [0.1, 0.15) is 0 Å². The topological polar surface area (TPSA) is 15.3 Å². The van der Waals surface area contributed by atoms with Crippen molar-refractivity contribution in [1.29, 1.82) is 0 Å². The van der Waals surface area contributed by atoms with E-state index in [9.17, 15) is 0 Å². The average Bonchev–Trinajstić information content (AvgIpc) is 2.88. The van der Waals surface area contributed by atoms with Gasteiger partial charge >= 0.3 is 0 Å². The lowest BCUT2D eigenvalue weighted by Gasteiger charge is -2.22. The predicted molar refractivity (Wildman–Crippen MR) is 93.2 cm³/mol. The molecular formula is C18H29ClN2. The third kappa shape index (κ3) is 4.62. The third-order valence-corrected chi connectivity index (χ3v) is 4.70. The largest absolute Gasteiger partial charge is 0.370 e. The Morgan fingerprint density at radius 3 is 2.62 bits per heavy atom. The molecule has 2 rings (SSSR count). The van der Waals surface area contributed by atoms with Crippen LogP contribution in [-0.4, -0.2) is 19.6 Å². The molecule has 118 valence electrons. The van der Waals surface area contributed by atoms with Gasteiger partial charge in [-0.2, -0.15) is 0 Å². The number of hydrogen-bond acceptors (Lipinski definition) is 2. The first kappa shape index (κ1) is 16.6. The maximum atomic E-state index is 6.51. The van der Waals surface area contributed by atoms with Crippen LogP contribution in [-0.2, 0) is 6.54 Å². The molecule has 1 aromatic rings. The van der Waals surface area contributed by atoms with Crippen molar-refractivity contribution in [2.75, 3.05) is 24.5 Å². The summed E-state index contributed by atoms with van der Waals surface area (Å²) in [5.41, 5.74) is 2.47. The van der Waals surface area contributed by atoms with Crippen LogP contribution >= 0.6 is 11.6 Å². The van der Waals surface area contributed by atoms with Crippen LogP contribution in [0.5, 0.6) is 0 Å². The van der Waals surface area contributed by atoms with Crippen LogP contribution in [0.4, 0.5) is 5.69 Å². The van der Waals surface area contributed by atoms with Gasteiger partial charge in [-0.1, -0.05) is 45.4 Å². The first-order valence-corrected chi connectivity index (χ1v) is 8.59. The molecule has 1 unspecified atom stereocenters. The minimum Gasteiger partial charge on any atom is -0.370 e. The van der Waals surface area contributed by atoms with Crippen LogP contribution in [0, 0.1) is 17.8 Å². The fourth-order valence-electron chi connectivity index (χ4n) is 2.97. The van der Waals surface area contributed by atoms with Crippen molar-refractivity contribution >= 4 is 17.3 Å². The maximum absolute atomic E-state index is 6.51. The summed E-state index contributed by atoms with van der Waals surface area (Å²) in [6.07, 6.45) is 1.28. The molecule has 1 N–H and O–H groups in total. The Labute approximate surface area is 134 Å². The molecule has 1 aliphatic heterocycles.